The minimum Gasteiger partial charge on any atom is -0.372 e. The lowest BCUT2D eigenvalue weighted by molar-refractivity contribution is -0.126. The molecule has 136 valence electrons. The number of nitrogens with zero attached hydrogens (tertiary/aromatic N) is 1. The van der Waals surface area contributed by atoms with Gasteiger partial charge in [0.1, 0.15) is 6.04 Å². The van der Waals surface area contributed by atoms with Crippen molar-refractivity contribution in [2.24, 2.45) is 5.92 Å². The molecular formula is C20H29N3O2. The zero-order valence-electron chi connectivity index (χ0n) is 15.1. The van der Waals surface area contributed by atoms with Crippen LogP contribution in [0.25, 0.3) is 0 Å². The summed E-state index contributed by atoms with van der Waals surface area (Å²) in [6, 6.07) is 7.64. The summed E-state index contributed by atoms with van der Waals surface area (Å²) in [7, 11) is 0. The topological polar surface area (TPSA) is 61.4 Å². The Morgan fingerprint density at radius 2 is 1.64 bits per heavy atom. The van der Waals surface area contributed by atoms with Crippen LogP contribution in [0.3, 0.4) is 0 Å². The molecule has 2 amide bonds. The van der Waals surface area contributed by atoms with Crippen molar-refractivity contribution in [2.75, 3.05) is 23.3 Å². The van der Waals surface area contributed by atoms with Crippen LogP contribution in [-0.2, 0) is 9.59 Å². The Labute approximate surface area is 150 Å². The largest absolute Gasteiger partial charge is 0.372 e. The van der Waals surface area contributed by atoms with Gasteiger partial charge >= 0.3 is 0 Å². The maximum absolute atomic E-state index is 12.7. The molecule has 1 unspecified atom stereocenters. The predicted molar refractivity (Wildman–Crippen MR) is 101 cm³/mol. The predicted octanol–water partition coefficient (Wildman–Crippen LogP) is 3.31. The number of piperidine rings is 1. The van der Waals surface area contributed by atoms with Crippen molar-refractivity contribution >= 4 is 23.2 Å². The Morgan fingerprint density at radius 1 is 1.00 bits per heavy atom. The molecule has 0 bridgehead atoms. The van der Waals surface area contributed by atoms with Crippen LogP contribution < -0.4 is 15.5 Å². The van der Waals surface area contributed by atoms with Crippen LogP contribution in [0.5, 0.6) is 0 Å². The molecule has 0 spiro atoms. The standard InChI is InChI=1S/C20H29N3O2/c1-15(24)21-19(16-7-3-4-8-16)20(25)22-17-9-11-18(12-10-17)23-13-5-2-6-14-23/h9-12,16,19H,2-8,13-14H2,1H3,(H,21,24)(H,22,25). The molecule has 1 aromatic carbocycles. The van der Waals surface area contributed by atoms with Gasteiger partial charge < -0.3 is 15.5 Å². The Balaban J connectivity index is 1.62. The van der Waals surface area contributed by atoms with Crippen LogP contribution in [0, 0.1) is 5.92 Å². The first-order chi connectivity index (χ1) is 12.1. The summed E-state index contributed by atoms with van der Waals surface area (Å²) < 4.78 is 0. The molecule has 1 saturated carbocycles. The van der Waals surface area contributed by atoms with Gasteiger partial charge in [-0.1, -0.05) is 12.8 Å². The third-order valence-corrected chi connectivity index (χ3v) is 5.37. The molecule has 3 rings (SSSR count). The van der Waals surface area contributed by atoms with Crippen molar-refractivity contribution in [2.45, 2.75) is 57.9 Å². The monoisotopic (exact) mass is 343 g/mol. The molecule has 2 N–H and O–H groups in total. The van der Waals surface area contributed by atoms with Gasteiger partial charge in [0.15, 0.2) is 0 Å². The highest BCUT2D eigenvalue weighted by molar-refractivity contribution is 5.97. The van der Waals surface area contributed by atoms with E-state index in [9.17, 15) is 9.59 Å². The van der Waals surface area contributed by atoms with Crippen LogP contribution in [0.15, 0.2) is 24.3 Å². The van der Waals surface area contributed by atoms with Crippen LogP contribution in [0.1, 0.15) is 51.9 Å². The lowest BCUT2D eigenvalue weighted by Crippen LogP contribution is -2.47. The Hall–Kier alpha value is -2.04. The van der Waals surface area contributed by atoms with Crippen molar-refractivity contribution in [3.05, 3.63) is 24.3 Å². The van der Waals surface area contributed by atoms with E-state index in [4.69, 9.17) is 0 Å². The van der Waals surface area contributed by atoms with Crippen LogP contribution in [0.4, 0.5) is 11.4 Å². The summed E-state index contributed by atoms with van der Waals surface area (Å²) in [5, 5.41) is 5.83. The van der Waals surface area contributed by atoms with Crippen LogP contribution in [0.2, 0.25) is 0 Å². The Kier molecular flexibility index (Phi) is 5.95. The number of amides is 2. The summed E-state index contributed by atoms with van der Waals surface area (Å²) in [6.45, 7) is 3.69. The molecule has 1 heterocycles. The lowest BCUT2D eigenvalue weighted by Gasteiger charge is -2.29. The second kappa shape index (κ2) is 8.37. The van der Waals surface area contributed by atoms with E-state index in [0.717, 1.165) is 44.5 Å². The van der Waals surface area contributed by atoms with E-state index in [2.05, 4.69) is 27.7 Å². The van der Waals surface area contributed by atoms with E-state index in [1.807, 2.05) is 12.1 Å². The molecule has 5 nitrogen and oxygen atoms in total. The highest BCUT2D eigenvalue weighted by atomic mass is 16.2. The molecule has 5 heteroatoms. The summed E-state index contributed by atoms with van der Waals surface area (Å²) in [6.07, 6.45) is 8.10. The molecule has 0 aromatic heterocycles. The van der Waals surface area contributed by atoms with Crippen LogP contribution >= 0.6 is 0 Å². The van der Waals surface area contributed by atoms with Crippen molar-refractivity contribution in [1.29, 1.82) is 0 Å². The van der Waals surface area contributed by atoms with Crippen molar-refractivity contribution in [3.8, 4) is 0 Å². The fraction of sp³-hybridized carbons (Fsp3) is 0.600. The van der Waals surface area contributed by atoms with Gasteiger partial charge in [-0.05, 0) is 62.3 Å². The fourth-order valence-corrected chi connectivity index (χ4v) is 4.03. The maximum atomic E-state index is 12.7. The van der Waals surface area contributed by atoms with E-state index < -0.39 is 6.04 Å². The van der Waals surface area contributed by atoms with Gasteiger partial charge in [0, 0.05) is 31.4 Å². The maximum Gasteiger partial charge on any atom is 0.247 e. The van der Waals surface area contributed by atoms with Gasteiger partial charge in [-0.25, -0.2) is 0 Å². The summed E-state index contributed by atoms with van der Waals surface area (Å²) >= 11 is 0. The fourth-order valence-electron chi connectivity index (χ4n) is 4.03. The number of hydrogen-bond acceptors (Lipinski definition) is 3. The highest BCUT2D eigenvalue weighted by Crippen LogP contribution is 2.29. The zero-order valence-corrected chi connectivity index (χ0v) is 15.1. The second-order valence-electron chi connectivity index (χ2n) is 7.31. The van der Waals surface area contributed by atoms with Gasteiger partial charge in [0.2, 0.25) is 11.8 Å². The molecule has 1 atom stereocenters. The SMILES string of the molecule is CC(=O)NC(C(=O)Nc1ccc(N2CCCCC2)cc1)C1CCCC1. The Bertz CT molecular complexity index is 587. The minimum atomic E-state index is -0.429. The van der Waals surface area contributed by atoms with Crippen LogP contribution in [-0.4, -0.2) is 30.9 Å². The molecule has 1 aliphatic carbocycles. The minimum absolute atomic E-state index is 0.104. The quantitative estimate of drug-likeness (QED) is 0.862. The van der Waals surface area contributed by atoms with Crippen molar-refractivity contribution in [3.63, 3.8) is 0 Å². The normalized spacial score (nSPS) is 19.5. The van der Waals surface area contributed by atoms with Crippen molar-refractivity contribution < 1.29 is 9.59 Å². The molecule has 2 aliphatic rings. The first kappa shape index (κ1) is 17.8. The highest BCUT2D eigenvalue weighted by Gasteiger charge is 2.31. The lowest BCUT2D eigenvalue weighted by atomic mass is 9.97. The zero-order chi connectivity index (χ0) is 17.6. The molecule has 1 saturated heterocycles. The number of rotatable bonds is 5. The van der Waals surface area contributed by atoms with Gasteiger partial charge in [-0.2, -0.15) is 0 Å². The number of nitrogens with one attached hydrogen (secondary N) is 2. The third-order valence-electron chi connectivity index (χ3n) is 5.37. The first-order valence-electron chi connectivity index (χ1n) is 9.56. The first-order valence-corrected chi connectivity index (χ1v) is 9.56. The molecule has 25 heavy (non-hydrogen) atoms. The molecule has 2 fully saturated rings. The van der Waals surface area contributed by atoms with Crippen molar-refractivity contribution in [1.82, 2.24) is 5.32 Å². The smallest absolute Gasteiger partial charge is 0.247 e. The van der Waals surface area contributed by atoms with Gasteiger partial charge in [0.05, 0.1) is 0 Å². The van der Waals surface area contributed by atoms with E-state index >= 15 is 0 Å². The third kappa shape index (κ3) is 4.74. The van der Waals surface area contributed by atoms with E-state index in [1.165, 1.54) is 31.9 Å². The molecule has 0 radical (unpaired) electrons. The van der Waals surface area contributed by atoms with E-state index in [1.54, 1.807) is 0 Å². The van der Waals surface area contributed by atoms with Gasteiger partial charge in [-0.3, -0.25) is 9.59 Å². The summed E-state index contributed by atoms with van der Waals surface area (Å²) in [4.78, 5) is 26.6. The Morgan fingerprint density at radius 3 is 2.24 bits per heavy atom. The van der Waals surface area contributed by atoms with E-state index in [-0.39, 0.29) is 17.7 Å². The number of hydrogen-bond donors (Lipinski definition) is 2. The average Bonchev–Trinajstić information content (AvgIpc) is 3.15. The number of carbonyl (C=O) groups excluding carboxylic acids is 2. The van der Waals surface area contributed by atoms with Gasteiger partial charge in [-0.15, -0.1) is 0 Å². The summed E-state index contributed by atoms with van der Waals surface area (Å²) in [5.74, 6) is -0.00292. The second-order valence-corrected chi connectivity index (χ2v) is 7.31. The summed E-state index contributed by atoms with van der Waals surface area (Å²) in [5.41, 5.74) is 2.01. The number of benzene rings is 1. The average molecular weight is 343 g/mol. The number of anilines is 2. The number of carbonyl (C=O) groups is 2. The molecular weight excluding hydrogens is 314 g/mol. The molecule has 1 aliphatic heterocycles. The van der Waals surface area contributed by atoms with E-state index in [0.29, 0.717) is 0 Å². The molecule has 1 aromatic rings. The van der Waals surface area contributed by atoms with Gasteiger partial charge in [0.25, 0.3) is 0 Å².